The molecule has 5 aromatic rings. The van der Waals surface area contributed by atoms with Crippen molar-refractivity contribution < 1.29 is 9.18 Å². The molecule has 0 aliphatic carbocycles. The van der Waals surface area contributed by atoms with E-state index < -0.39 is 5.82 Å². The Bertz CT molecular complexity index is 1660. The van der Waals surface area contributed by atoms with Crippen LogP contribution >= 0.6 is 0 Å². The molecule has 3 aromatic heterocycles. The van der Waals surface area contributed by atoms with Gasteiger partial charge in [0, 0.05) is 42.6 Å². The number of hydrogen-bond donors (Lipinski definition) is 2. The zero-order valence-corrected chi connectivity index (χ0v) is 19.6. The first-order chi connectivity index (χ1) is 18.1. The summed E-state index contributed by atoms with van der Waals surface area (Å²) in [5.41, 5.74) is 3.48. The molecule has 6 rings (SSSR count). The number of para-hydroxylation sites is 1. The number of benzene rings is 2. The number of fused-ring (bicyclic) bond motifs is 2. The number of aromatic nitrogens is 5. The van der Waals surface area contributed by atoms with Crippen molar-refractivity contribution in [3.8, 4) is 5.69 Å². The number of rotatable bonds is 6. The van der Waals surface area contributed by atoms with E-state index in [-0.39, 0.29) is 17.4 Å². The molecule has 0 bridgehead atoms. The van der Waals surface area contributed by atoms with Crippen molar-refractivity contribution in [2.24, 2.45) is 0 Å². The third-order valence-corrected chi connectivity index (χ3v) is 6.61. The quantitative estimate of drug-likeness (QED) is 0.372. The maximum absolute atomic E-state index is 13.3. The van der Waals surface area contributed by atoms with E-state index in [0.29, 0.717) is 30.0 Å². The summed E-state index contributed by atoms with van der Waals surface area (Å²) in [6.07, 6.45) is 5.45. The topological polar surface area (TPSA) is 109 Å². The Kier molecular flexibility index (Phi) is 5.68. The summed E-state index contributed by atoms with van der Waals surface area (Å²) < 4.78 is 14.6. The Morgan fingerprint density at radius 2 is 1.92 bits per heavy atom. The van der Waals surface area contributed by atoms with E-state index in [0.717, 1.165) is 23.3 Å². The zero-order chi connectivity index (χ0) is 25.4. The van der Waals surface area contributed by atoms with Gasteiger partial charge >= 0.3 is 0 Å². The average molecular weight is 496 g/mol. The number of nitrogens with one attached hydrogen (secondary N) is 2. The van der Waals surface area contributed by atoms with Gasteiger partial charge in [-0.1, -0.05) is 18.2 Å². The number of H-pyrrole nitrogens is 1. The molecule has 0 saturated carbocycles. The van der Waals surface area contributed by atoms with Crippen LogP contribution in [-0.4, -0.2) is 43.7 Å². The first-order valence-corrected chi connectivity index (χ1v) is 11.9. The van der Waals surface area contributed by atoms with Gasteiger partial charge in [0.15, 0.2) is 5.65 Å². The average Bonchev–Trinajstić information content (AvgIpc) is 3.55. The first kappa shape index (κ1) is 22.6. The van der Waals surface area contributed by atoms with Crippen LogP contribution in [0, 0.1) is 5.82 Å². The summed E-state index contributed by atoms with van der Waals surface area (Å²) in [6, 6.07) is 16.6. The third kappa shape index (κ3) is 4.22. The van der Waals surface area contributed by atoms with Crippen LogP contribution in [0.5, 0.6) is 0 Å². The molecule has 37 heavy (non-hydrogen) atoms. The minimum atomic E-state index is -0.397. The summed E-state index contributed by atoms with van der Waals surface area (Å²) in [5.74, 6) is 0.295. The van der Waals surface area contributed by atoms with Crippen LogP contribution in [0.3, 0.4) is 0 Å². The fourth-order valence-corrected chi connectivity index (χ4v) is 4.80. The molecular weight excluding hydrogens is 473 g/mol. The molecule has 0 fully saturated rings. The Labute approximate surface area is 210 Å². The second-order valence-electron chi connectivity index (χ2n) is 8.84. The molecule has 2 aromatic carbocycles. The summed E-state index contributed by atoms with van der Waals surface area (Å²) in [6.45, 7) is 1.16. The van der Waals surface area contributed by atoms with Crippen molar-refractivity contribution in [2.45, 2.75) is 12.3 Å². The number of amides is 1. The lowest BCUT2D eigenvalue weighted by Crippen LogP contribution is -2.28. The minimum absolute atomic E-state index is 0.182. The van der Waals surface area contributed by atoms with E-state index in [2.05, 4.69) is 42.5 Å². The molecule has 1 atom stereocenters. The molecule has 1 aliphatic heterocycles. The molecule has 4 heterocycles. The summed E-state index contributed by atoms with van der Waals surface area (Å²) in [7, 11) is 0. The van der Waals surface area contributed by atoms with Crippen molar-refractivity contribution in [3.63, 3.8) is 0 Å². The van der Waals surface area contributed by atoms with Crippen LogP contribution in [-0.2, 0) is 0 Å². The highest BCUT2D eigenvalue weighted by Gasteiger charge is 2.31. The van der Waals surface area contributed by atoms with E-state index >= 15 is 0 Å². The summed E-state index contributed by atoms with van der Waals surface area (Å²) in [4.78, 5) is 36.1. The molecule has 1 unspecified atom stereocenters. The Balaban J connectivity index is 1.17. The predicted molar refractivity (Wildman–Crippen MR) is 137 cm³/mol. The van der Waals surface area contributed by atoms with Crippen molar-refractivity contribution in [3.05, 3.63) is 107 Å². The van der Waals surface area contributed by atoms with E-state index in [1.165, 1.54) is 59.1 Å². The Morgan fingerprint density at radius 3 is 2.78 bits per heavy atom. The maximum atomic E-state index is 13.3. The van der Waals surface area contributed by atoms with Crippen LogP contribution in [0.25, 0.3) is 16.7 Å². The lowest BCUT2D eigenvalue weighted by molar-refractivity contribution is 0.0952. The number of anilines is 2. The molecule has 10 heteroatoms. The molecule has 0 spiro atoms. The van der Waals surface area contributed by atoms with Crippen molar-refractivity contribution in [1.82, 2.24) is 30.0 Å². The first-order valence-electron chi connectivity index (χ1n) is 11.9. The second-order valence-corrected chi connectivity index (χ2v) is 8.84. The lowest BCUT2D eigenvalue weighted by atomic mass is 9.98. The fourth-order valence-electron chi connectivity index (χ4n) is 4.80. The van der Waals surface area contributed by atoms with Crippen LogP contribution in [0.2, 0.25) is 0 Å². The van der Waals surface area contributed by atoms with Gasteiger partial charge < -0.3 is 10.2 Å². The summed E-state index contributed by atoms with van der Waals surface area (Å²) in [5, 5.41) is 10.8. The monoisotopic (exact) mass is 495 g/mol. The van der Waals surface area contributed by atoms with Gasteiger partial charge in [-0.2, -0.15) is 5.10 Å². The van der Waals surface area contributed by atoms with Gasteiger partial charge in [0.2, 0.25) is 0 Å². The highest BCUT2D eigenvalue weighted by Crippen LogP contribution is 2.42. The number of halogens is 1. The highest BCUT2D eigenvalue weighted by molar-refractivity contribution is 5.94. The number of nitrogens with zero attached hydrogens (tertiary/aromatic N) is 5. The van der Waals surface area contributed by atoms with Gasteiger partial charge in [0.05, 0.1) is 17.1 Å². The lowest BCUT2D eigenvalue weighted by Gasteiger charge is -2.19. The van der Waals surface area contributed by atoms with Crippen LogP contribution in [0.4, 0.5) is 15.9 Å². The van der Waals surface area contributed by atoms with E-state index in [1.54, 1.807) is 6.20 Å². The normalized spacial score (nSPS) is 14.6. The fraction of sp³-hybridized carbons (Fsp3) is 0.148. The van der Waals surface area contributed by atoms with Crippen molar-refractivity contribution in [2.75, 3.05) is 18.0 Å². The number of hydrogen-bond acceptors (Lipinski definition) is 6. The summed E-state index contributed by atoms with van der Waals surface area (Å²) >= 11 is 0. The number of carbonyl (C=O) groups excluding carboxylic acids is 1. The third-order valence-electron chi connectivity index (χ3n) is 6.61. The van der Waals surface area contributed by atoms with Crippen LogP contribution < -0.4 is 15.8 Å². The number of carbonyl (C=O) groups is 1. The van der Waals surface area contributed by atoms with Gasteiger partial charge in [-0.05, 0) is 48.4 Å². The molecule has 184 valence electrons. The van der Waals surface area contributed by atoms with Gasteiger partial charge in [0.25, 0.3) is 11.5 Å². The molecule has 9 nitrogen and oxygen atoms in total. The molecule has 0 radical (unpaired) electrons. The minimum Gasteiger partial charge on any atom is -0.352 e. The van der Waals surface area contributed by atoms with E-state index in [1.807, 2.05) is 12.1 Å². The van der Waals surface area contributed by atoms with Crippen molar-refractivity contribution in [1.29, 1.82) is 0 Å². The Hall–Kier alpha value is -4.86. The zero-order valence-electron chi connectivity index (χ0n) is 19.6. The predicted octanol–water partition coefficient (Wildman–Crippen LogP) is 3.70. The Morgan fingerprint density at radius 1 is 1.08 bits per heavy atom. The van der Waals surface area contributed by atoms with Gasteiger partial charge in [0.1, 0.15) is 18.0 Å². The van der Waals surface area contributed by atoms with Gasteiger partial charge in [-0.15, -0.1) is 0 Å². The molecule has 2 N–H and O–H groups in total. The number of aromatic amines is 1. The molecule has 0 saturated heterocycles. The standard InChI is InChI=1S/C27H22FN7O2/c28-19-6-8-20(9-7-19)34-15-18(5-10-24(34)36)27(37)29-12-11-17-14-35(23-4-2-1-3-21(17)23)26-22-13-32-33-25(22)30-16-31-26/h1-10,13,15-17H,11-12,14H2,(H,29,37)(H,30,31,32,33). The second kappa shape index (κ2) is 9.30. The van der Waals surface area contributed by atoms with Gasteiger partial charge in [-0.3, -0.25) is 19.3 Å². The van der Waals surface area contributed by atoms with Crippen LogP contribution in [0.15, 0.2) is 84.2 Å². The SMILES string of the molecule is O=C(NCCC1CN(c2ncnc3[nH]ncc23)c2ccccc21)c1ccc(=O)n(-c2ccc(F)cc2)c1. The highest BCUT2D eigenvalue weighted by atomic mass is 19.1. The van der Waals surface area contributed by atoms with Gasteiger partial charge in [-0.25, -0.2) is 14.4 Å². The molecular formula is C27H22FN7O2. The molecule has 1 amide bonds. The largest absolute Gasteiger partial charge is 0.352 e. The smallest absolute Gasteiger partial charge is 0.255 e. The van der Waals surface area contributed by atoms with Crippen molar-refractivity contribution >= 4 is 28.4 Å². The van der Waals surface area contributed by atoms with E-state index in [9.17, 15) is 14.0 Å². The van der Waals surface area contributed by atoms with Crippen LogP contribution in [0.1, 0.15) is 28.3 Å². The van der Waals surface area contributed by atoms with E-state index in [4.69, 9.17) is 0 Å². The number of pyridine rings is 1. The maximum Gasteiger partial charge on any atom is 0.255 e. The molecule has 1 aliphatic rings.